The zero-order valence-corrected chi connectivity index (χ0v) is 14.8. The molecule has 0 bridgehead atoms. The number of likely N-dealkylation sites (tertiary alicyclic amines) is 1. The van der Waals surface area contributed by atoms with Crippen molar-refractivity contribution >= 4 is 5.91 Å². The molecule has 3 heterocycles. The molecule has 4 heteroatoms. The summed E-state index contributed by atoms with van der Waals surface area (Å²) in [6.45, 7) is 6.32. The lowest BCUT2D eigenvalue weighted by molar-refractivity contribution is -0.131. The molecule has 4 rings (SSSR count). The molecule has 0 N–H and O–H groups in total. The molecule has 4 nitrogen and oxygen atoms in total. The van der Waals surface area contributed by atoms with Gasteiger partial charge in [0, 0.05) is 38.2 Å². The maximum absolute atomic E-state index is 12.0. The fourth-order valence-electron chi connectivity index (χ4n) is 4.40. The smallest absolute Gasteiger partial charge is 0.219 e. The summed E-state index contributed by atoms with van der Waals surface area (Å²) in [6.07, 6.45) is 4.06. The number of nitrogens with zero attached hydrogens (tertiary/aromatic N) is 3. The molecule has 0 radical (unpaired) electrons. The Labute approximate surface area is 149 Å². The van der Waals surface area contributed by atoms with Crippen LogP contribution in [0.25, 0.3) is 0 Å². The van der Waals surface area contributed by atoms with Gasteiger partial charge in [0.25, 0.3) is 0 Å². The molecule has 0 saturated carbocycles. The molecule has 2 aliphatic heterocycles. The number of pyridine rings is 1. The summed E-state index contributed by atoms with van der Waals surface area (Å²) in [5.41, 5.74) is 4.03. The second-order valence-electron chi connectivity index (χ2n) is 7.41. The molecule has 1 fully saturated rings. The number of aromatic nitrogens is 1. The number of amides is 1. The predicted octanol–water partition coefficient (Wildman–Crippen LogP) is 2.98. The van der Waals surface area contributed by atoms with Crippen LogP contribution < -0.4 is 0 Å². The van der Waals surface area contributed by atoms with Crippen LogP contribution in [0.2, 0.25) is 0 Å². The van der Waals surface area contributed by atoms with Crippen LogP contribution in [0, 0.1) is 0 Å². The van der Waals surface area contributed by atoms with Gasteiger partial charge in [-0.15, -0.1) is 0 Å². The number of rotatable bonds is 2. The third kappa shape index (κ3) is 3.19. The fourth-order valence-corrected chi connectivity index (χ4v) is 4.40. The highest BCUT2D eigenvalue weighted by Crippen LogP contribution is 2.41. The highest BCUT2D eigenvalue weighted by molar-refractivity contribution is 5.74. The van der Waals surface area contributed by atoms with Crippen molar-refractivity contribution in [2.75, 3.05) is 19.6 Å². The van der Waals surface area contributed by atoms with E-state index in [-0.39, 0.29) is 11.3 Å². The van der Waals surface area contributed by atoms with Crippen molar-refractivity contribution in [1.82, 2.24) is 14.8 Å². The Hall–Kier alpha value is -2.20. The molecule has 1 aromatic carbocycles. The van der Waals surface area contributed by atoms with Crippen molar-refractivity contribution in [3.63, 3.8) is 0 Å². The highest BCUT2D eigenvalue weighted by atomic mass is 16.2. The van der Waals surface area contributed by atoms with Gasteiger partial charge in [0.1, 0.15) is 0 Å². The molecule has 1 amide bonds. The first-order valence-electron chi connectivity index (χ1n) is 9.12. The van der Waals surface area contributed by atoms with Gasteiger partial charge in [-0.3, -0.25) is 14.7 Å². The SMILES string of the molecule is CC(=O)N1Cc2ccccc2C2(CCN(Cc3ccccn3)CC2)C1. The Morgan fingerprint density at radius 3 is 2.60 bits per heavy atom. The second kappa shape index (κ2) is 6.60. The standard InChI is InChI=1S/C21H25N3O/c1-17(25)24-14-18-6-2-3-8-20(18)21(16-24)9-12-23(13-10-21)15-19-7-4-5-11-22-19/h2-8,11H,9-10,12-16H2,1H3. The molecule has 1 saturated heterocycles. The fraction of sp³-hybridized carbons (Fsp3) is 0.429. The lowest BCUT2D eigenvalue weighted by atomic mass is 9.69. The number of fused-ring (bicyclic) bond motifs is 2. The predicted molar refractivity (Wildman–Crippen MR) is 98.0 cm³/mol. The van der Waals surface area contributed by atoms with Crippen LogP contribution >= 0.6 is 0 Å². The lowest BCUT2D eigenvalue weighted by Crippen LogP contribution is -2.52. The van der Waals surface area contributed by atoms with Crippen LogP contribution in [-0.2, 0) is 23.3 Å². The van der Waals surface area contributed by atoms with Crippen molar-refractivity contribution in [2.24, 2.45) is 0 Å². The van der Waals surface area contributed by atoms with Crippen molar-refractivity contribution in [3.05, 3.63) is 65.5 Å². The van der Waals surface area contributed by atoms with E-state index in [0.29, 0.717) is 0 Å². The Morgan fingerprint density at radius 1 is 1.12 bits per heavy atom. The number of benzene rings is 1. The molecular formula is C21H25N3O. The molecule has 130 valence electrons. The quantitative estimate of drug-likeness (QED) is 0.846. The first-order chi connectivity index (χ1) is 12.2. The third-order valence-electron chi connectivity index (χ3n) is 5.81. The van der Waals surface area contributed by atoms with E-state index < -0.39 is 0 Å². The minimum absolute atomic E-state index is 0.112. The van der Waals surface area contributed by atoms with E-state index in [1.165, 1.54) is 11.1 Å². The Bertz CT molecular complexity index is 751. The monoisotopic (exact) mass is 335 g/mol. The van der Waals surface area contributed by atoms with Crippen molar-refractivity contribution in [2.45, 2.75) is 38.3 Å². The summed E-state index contributed by atoms with van der Waals surface area (Å²) < 4.78 is 0. The topological polar surface area (TPSA) is 36.4 Å². The molecular weight excluding hydrogens is 310 g/mol. The van der Waals surface area contributed by atoms with E-state index in [4.69, 9.17) is 0 Å². The molecule has 0 atom stereocenters. The van der Waals surface area contributed by atoms with Gasteiger partial charge in [0.05, 0.1) is 5.69 Å². The van der Waals surface area contributed by atoms with Crippen LogP contribution in [0.5, 0.6) is 0 Å². The zero-order valence-electron chi connectivity index (χ0n) is 14.8. The van der Waals surface area contributed by atoms with E-state index in [9.17, 15) is 4.79 Å². The molecule has 2 aromatic rings. The van der Waals surface area contributed by atoms with Crippen LogP contribution in [0.3, 0.4) is 0 Å². The molecule has 1 spiro atoms. The summed E-state index contributed by atoms with van der Waals surface area (Å²) in [7, 11) is 0. The minimum atomic E-state index is 0.112. The Balaban J connectivity index is 1.53. The first-order valence-corrected chi connectivity index (χ1v) is 9.12. The highest BCUT2D eigenvalue weighted by Gasteiger charge is 2.42. The molecule has 0 unspecified atom stereocenters. The normalized spacial score (nSPS) is 19.6. The van der Waals surface area contributed by atoms with Crippen LogP contribution in [-0.4, -0.2) is 40.3 Å². The maximum Gasteiger partial charge on any atom is 0.219 e. The largest absolute Gasteiger partial charge is 0.338 e. The van der Waals surface area contributed by atoms with Gasteiger partial charge < -0.3 is 4.90 Å². The summed E-state index contributed by atoms with van der Waals surface area (Å²) >= 11 is 0. The van der Waals surface area contributed by atoms with Gasteiger partial charge in [-0.05, 0) is 49.2 Å². The average Bonchev–Trinajstić information content (AvgIpc) is 2.64. The van der Waals surface area contributed by atoms with Crippen molar-refractivity contribution < 1.29 is 4.79 Å². The molecule has 0 aliphatic carbocycles. The second-order valence-corrected chi connectivity index (χ2v) is 7.41. The number of piperidine rings is 1. The number of hydrogen-bond donors (Lipinski definition) is 0. The van der Waals surface area contributed by atoms with Gasteiger partial charge in [-0.1, -0.05) is 30.3 Å². The van der Waals surface area contributed by atoms with Crippen LogP contribution in [0.1, 0.15) is 36.6 Å². The average molecular weight is 335 g/mol. The van der Waals surface area contributed by atoms with E-state index in [0.717, 1.165) is 51.3 Å². The molecule has 2 aliphatic rings. The Morgan fingerprint density at radius 2 is 1.88 bits per heavy atom. The van der Waals surface area contributed by atoms with E-state index in [2.05, 4.69) is 46.3 Å². The van der Waals surface area contributed by atoms with Crippen LogP contribution in [0.4, 0.5) is 0 Å². The Kier molecular flexibility index (Phi) is 4.30. The van der Waals surface area contributed by atoms with Crippen molar-refractivity contribution in [1.29, 1.82) is 0 Å². The summed E-state index contributed by atoms with van der Waals surface area (Å²) in [5.74, 6) is 0.185. The molecule has 1 aromatic heterocycles. The minimum Gasteiger partial charge on any atom is -0.338 e. The van der Waals surface area contributed by atoms with Crippen LogP contribution in [0.15, 0.2) is 48.7 Å². The van der Waals surface area contributed by atoms with Gasteiger partial charge >= 0.3 is 0 Å². The van der Waals surface area contributed by atoms with Gasteiger partial charge in [-0.2, -0.15) is 0 Å². The van der Waals surface area contributed by atoms with Gasteiger partial charge in [0.2, 0.25) is 5.91 Å². The summed E-state index contributed by atoms with van der Waals surface area (Å²) in [5, 5.41) is 0. The number of carbonyl (C=O) groups excluding carboxylic acids is 1. The van der Waals surface area contributed by atoms with Crippen molar-refractivity contribution in [3.8, 4) is 0 Å². The van der Waals surface area contributed by atoms with Gasteiger partial charge in [0.15, 0.2) is 0 Å². The van der Waals surface area contributed by atoms with E-state index in [1.807, 2.05) is 17.2 Å². The van der Waals surface area contributed by atoms with E-state index in [1.54, 1.807) is 6.92 Å². The third-order valence-corrected chi connectivity index (χ3v) is 5.81. The number of hydrogen-bond acceptors (Lipinski definition) is 3. The van der Waals surface area contributed by atoms with E-state index >= 15 is 0 Å². The van der Waals surface area contributed by atoms with Gasteiger partial charge in [-0.25, -0.2) is 0 Å². The first kappa shape index (κ1) is 16.3. The molecule has 25 heavy (non-hydrogen) atoms. The summed E-state index contributed by atoms with van der Waals surface area (Å²) in [4.78, 5) is 21.0. The maximum atomic E-state index is 12.0. The zero-order chi connectivity index (χ0) is 17.3. The number of carbonyl (C=O) groups is 1. The lowest BCUT2D eigenvalue weighted by Gasteiger charge is -2.48. The summed E-state index contributed by atoms with van der Waals surface area (Å²) in [6, 6.07) is 14.8.